The Morgan fingerprint density at radius 2 is 1.79 bits per heavy atom. The Kier molecular flexibility index (Phi) is 7.32. The molecular formula is C24H28N4O5. The molecule has 2 aromatic heterocycles. The Balaban J connectivity index is 1.57. The fourth-order valence-electron chi connectivity index (χ4n) is 3.40. The van der Waals surface area contributed by atoms with Gasteiger partial charge in [-0.1, -0.05) is 17.3 Å². The molecule has 0 fully saturated rings. The standard InChI is InChI=1S/C24H28N4O5/c1-14(2)26-24(31)25-12-18-6-8-19(9-7-18)23(30)32-13-21(29)20-10-15(3)28(17(20)5)22-11-16(4)33-27-22/h6-11,14H,12-13H2,1-5H3,(H2,25,26,31). The summed E-state index contributed by atoms with van der Waals surface area (Å²) in [4.78, 5) is 36.7. The Morgan fingerprint density at radius 3 is 2.39 bits per heavy atom. The molecule has 0 unspecified atom stereocenters. The predicted octanol–water partition coefficient (Wildman–Crippen LogP) is 3.64. The van der Waals surface area contributed by atoms with Crippen LogP contribution in [0.4, 0.5) is 4.79 Å². The highest BCUT2D eigenvalue weighted by Crippen LogP contribution is 2.21. The van der Waals surface area contributed by atoms with E-state index >= 15 is 0 Å². The maximum Gasteiger partial charge on any atom is 0.338 e. The molecule has 174 valence electrons. The molecule has 3 rings (SSSR count). The van der Waals surface area contributed by atoms with Crippen LogP contribution in [-0.2, 0) is 11.3 Å². The monoisotopic (exact) mass is 452 g/mol. The minimum atomic E-state index is -0.596. The number of rotatable bonds is 8. The topological polar surface area (TPSA) is 115 Å². The summed E-state index contributed by atoms with van der Waals surface area (Å²) in [5, 5.41) is 9.48. The van der Waals surface area contributed by atoms with E-state index in [0.717, 1.165) is 11.3 Å². The van der Waals surface area contributed by atoms with Crippen LogP contribution >= 0.6 is 0 Å². The highest BCUT2D eigenvalue weighted by atomic mass is 16.5. The van der Waals surface area contributed by atoms with Gasteiger partial charge in [0.15, 0.2) is 12.4 Å². The maximum absolute atomic E-state index is 12.7. The molecule has 2 heterocycles. The van der Waals surface area contributed by atoms with Crippen LogP contribution in [-0.4, -0.2) is 40.2 Å². The molecule has 0 aliphatic heterocycles. The van der Waals surface area contributed by atoms with Crippen molar-refractivity contribution in [3.8, 4) is 5.82 Å². The van der Waals surface area contributed by atoms with Crippen molar-refractivity contribution in [2.75, 3.05) is 6.61 Å². The second kappa shape index (κ2) is 10.2. The van der Waals surface area contributed by atoms with Crippen LogP contribution in [0.3, 0.4) is 0 Å². The van der Waals surface area contributed by atoms with Gasteiger partial charge in [-0.2, -0.15) is 0 Å². The lowest BCUT2D eigenvalue weighted by Gasteiger charge is -2.10. The number of amides is 2. The zero-order valence-electron chi connectivity index (χ0n) is 19.4. The Hall–Kier alpha value is -3.88. The molecule has 0 spiro atoms. The quantitative estimate of drug-likeness (QED) is 0.398. The molecule has 0 radical (unpaired) electrons. The summed E-state index contributed by atoms with van der Waals surface area (Å²) in [5.74, 6) is 0.357. The minimum absolute atomic E-state index is 0.0441. The molecule has 0 saturated heterocycles. The van der Waals surface area contributed by atoms with E-state index in [1.165, 1.54) is 0 Å². The van der Waals surface area contributed by atoms with Gasteiger partial charge in [0.1, 0.15) is 5.76 Å². The van der Waals surface area contributed by atoms with Crippen molar-refractivity contribution in [1.29, 1.82) is 0 Å². The number of hydrogen-bond donors (Lipinski definition) is 2. The van der Waals surface area contributed by atoms with E-state index in [2.05, 4.69) is 15.8 Å². The third-order valence-electron chi connectivity index (χ3n) is 4.97. The van der Waals surface area contributed by atoms with E-state index in [1.54, 1.807) is 50.2 Å². The Labute approximate surface area is 192 Å². The number of esters is 1. The van der Waals surface area contributed by atoms with E-state index < -0.39 is 5.97 Å². The van der Waals surface area contributed by atoms with Crippen LogP contribution in [0.15, 0.2) is 40.9 Å². The van der Waals surface area contributed by atoms with Crippen molar-refractivity contribution in [2.45, 2.75) is 47.2 Å². The molecule has 3 aromatic rings. The molecule has 9 nitrogen and oxygen atoms in total. The van der Waals surface area contributed by atoms with Crippen molar-refractivity contribution in [3.05, 3.63) is 70.2 Å². The number of nitrogens with zero attached hydrogens (tertiary/aromatic N) is 2. The highest BCUT2D eigenvalue weighted by molar-refractivity contribution is 6.00. The third kappa shape index (κ3) is 5.88. The van der Waals surface area contributed by atoms with Gasteiger partial charge in [0, 0.05) is 35.6 Å². The largest absolute Gasteiger partial charge is 0.454 e. The fourth-order valence-corrected chi connectivity index (χ4v) is 3.40. The number of hydrogen-bond acceptors (Lipinski definition) is 6. The number of urea groups is 1. The van der Waals surface area contributed by atoms with Gasteiger partial charge >= 0.3 is 12.0 Å². The second-order valence-electron chi connectivity index (χ2n) is 8.09. The average Bonchev–Trinajstić information content (AvgIpc) is 3.32. The van der Waals surface area contributed by atoms with E-state index in [4.69, 9.17) is 9.26 Å². The number of ether oxygens (including phenoxy) is 1. The van der Waals surface area contributed by atoms with Crippen molar-refractivity contribution in [1.82, 2.24) is 20.4 Å². The maximum atomic E-state index is 12.7. The van der Waals surface area contributed by atoms with Crippen LogP contribution < -0.4 is 10.6 Å². The number of nitrogens with one attached hydrogen (secondary N) is 2. The average molecular weight is 453 g/mol. The SMILES string of the molecule is Cc1cc(-n2c(C)cc(C(=O)COC(=O)c3ccc(CNC(=O)NC(C)C)cc3)c2C)no1. The first-order valence-corrected chi connectivity index (χ1v) is 10.6. The third-order valence-corrected chi connectivity index (χ3v) is 4.97. The molecule has 0 saturated carbocycles. The summed E-state index contributed by atoms with van der Waals surface area (Å²) in [6.45, 7) is 9.17. The molecule has 0 aliphatic carbocycles. The number of Topliss-reactive ketones (excluding diaryl/α,β-unsaturated/α-hetero) is 1. The summed E-state index contributed by atoms with van der Waals surface area (Å²) in [6, 6.07) is 9.96. The summed E-state index contributed by atoms with van der Waals surface area (Å²) >= 11 is 0. The normalized spacial score (nSPS) is 10.8. The van der Waals surface area contributed by atoms with Gasteiger partial charge in [-0.25, -0.2) is 9.59 Å². The van der Waals surface area contributed by atoms with E-state index in [0.29, 0.717) is 34.9 Å². The molecule has 33 heavy (non-hydrogen) atoms. The molecule has 0 aliphatic rings. The molecule has 0 atom stereocenters. The van der Waals surface area contributed by atoms with Crippen molar-refractivity contribution >= 4 is 17.8 Å². The van der Waals surface area contributed by atoms with Gasteiger partial charge < -0.3 is 19.9 Å². The first kappa shape index (κ1) is 23.8. The van der Waals surface area contributed by atoms with Crippen molar-refractivity contribution in [3.63, 3.8) is 0 Å². The Morgan fingerprint density at radius 1 is 1.09 bits per heavy atom. The molecule has 2 amide bonds. The van der Waals surface area contributed by atoms with Crippen LogP contribution in [0, 0.1) is 20.8 Å². The number of carbonyl (C=O) groups excluding carboxylic acids is 3. The molecular weight excluding hydrogens is 424 g/mol. The van der Waals surface area contributed by atoms with Crippen LogP contribution in [0.5, 0.6) is 0 Å². The molecule has 1 aromatic carbocycles. The molecule has 9 heteroatoms. The lowest BCUT2D eigenvalue weighted by atomic mass is 10.1. The first-order valence-electron chi connectivity index (χ1n) is 10.6. The summed E-state index contributed by atoms with van der Waals surface area (Å²) in [5.41, 5.74) is 3.13. The van der Waals surface area contributed by atoms with Crippen LogP contribution in [0.25, 0.3) is 5.82 Å². The van der Waals surface area contributed by atoms with E-state index in [9.17, 15) is 14.4 Å². The van der Waals surface area contributed by atoms with Gasteiger partial charge in [-0.05, 0) is 58.4 Å². The van der Waals surface area contributed by atoms with Crippen LogP contribution in [0.2, 0.25) is 0 Å². The summed E-state index contributed by atoms with van der Waals surface area (Å²) in [7, 11) is 0. The highest BCUT2D eigenvalue weighted by Gasteiger charge is 2.20. The van der Waals surface area contributed by atoms with Gasteiger partial charge in [0.25, 0.3) is 0 Å². The number of aromatic nitrogens is 2. The van der Waals surface area contributed by atoms with E-state index in [1.807, 2.05) is 25.3 Å². The first-order chi connectivity index (χ1) is 15.7. The smallest absolute Gasteiger partial charge is 0.338 e. The zero-order chi connectivity index (χ0) is 24.1. The Bertz CT molecular complexity index is 1160. The van der Waals surface area contributed by atoms with Gasteiger partial charge in [-0.15, -0.1) is 0 Å². The minimum Gasteiger partial charge on any atom is -0.454 e. The fraction of sp³-hybridized carbons (Fsp3) is 0.333. The number of aryl methyl sites for hydroxylation is 2. The van der Waals surface area contributed by atoms with Gasteiger partial charge in [0.05, 0.1) is 5.56 Å². The summed E-state index contributed by atoms with van der Waals surface area (Å²) < 4.78 is 12.2. The lowest BCUT2D eigenvalue weighted by Crippen LogP contribution is -2.39. The second-order valence-corrected chi connectivity index (χ2v) is 8.09. The number of ketones is 1. The van der Waals surface area contributed by atoms with Gasteiger partial charge in [0.2, 0.25) is 5.78 Å². The summed E-state index contributed by atoms with van der Waals surface area (Å²) in [6.07, 6.45) is 0. The van der Waals surface area contributed by atoms with Crippen molar-refractivity contribution < 1.29 is 23.6 Å². The molecule has 0 bridgehead atoms. The number of benzene rings is 1. The van der Waals surface area contributed by atoms with E-state index in [-0.39, 0.29) is 24.5 Å². The number of carbonyl (C=O) groups is 3. The van der Waals surface area contributed by atoms with Crippen molar-refractivity contribution in [2.24, 2.45) is 0 Å². The lowest BCUT2D eigenvalue weighted by molar-refractivity contribution is 0.0474. The van der Waals surface area contributed by atoms with Crippen LogP contribution in [0.1, 0.15) is 57.3 Å². The predicted molar refractivity (Wildman–Crippen MR) is 122 cm³/mol. The van der Waals surface area contributed by atoms with Gasteiger partial charge in [-0.3, -0.25) is 9.36 Å². The molecule has 2 N–H and O–H groups in total. The zero-order valence-corrected chi connectivity index (χ0v) is 19.4.